The van der Waals surface area contributed by atoms with Crippen molar-refractivity contribution in [2.45, 2.75) is 19.6 Å². The van der Waals surface area contributed by atoms with Crippen molar-refractivity contribution in [3.8, 4) is 17.2 Å². The van der Waals surface area contributed by atoms with E-state index in [1.165, 1.54) is 7.11 Å². The molecule has 0 fully saturated rings. The second-order valence-corrected chi connectivity index (χ2v) is 8.92. The molecule has 3 aromatic carbocycles. The molecule has 0 bridgehead atoms. The number of thiocarbonyl (C=S) groups is 1. The third-order valence-corrected chi connectivity index (χ3v) is 6.17. The highest BCUT2D eigenvalue weighted by molar-refractivity contribution is 7.80. The number of rotatable bonds is 8. The van der Waals surface area contributed by atoms with Crippen LogP contribution in [0.5, 0.6) is 17.2 Å². The highest BCUT2D eigenvalue weighted by Crippen LogP contribution is 2.32. The zero-order valence-corrected chi connectivity index (χ0v) is 21.6. The smallest absolute Gasteiger partial charge is 0.255 e. The van der Waals surface area contributed by atoms with E-state index < -0.39 is 6.04 Å². The van der Waals surface area contributed by atoms with Crippen LogP contribution >= 0.6 is 23.8 Å². The van der Waals surface area contributed by atoms with Gasteiger partial charge in [0, 0.05) is 16.8 Å². The first-order chi connectivity index (χ1) is 17.4. The van der Waals surface area contributed by atoms with E-state index in [-0.39, 0.29) is 5.91 Å². The van der Waals surface area contributed by atoms with Gasteiger partial charge < -0.3 is 30.2 Å². The van der Waals surface area contributed by atoms with Gasteiger partial charge in [0.25, 0.3) is 5.91 Å². The lowest BCUT2D eigenvalue weighted by atomic mass is 9.95. The highest BCUT2D eigenvalue weighted by Gasteiger charge is 2.30. The van der Waals surface area contributed by atoms with Gasteiger partial charge in [-0.25, -0.2) is 0 Å². The van der Waals surface area contributed by atoms with Gasteiger partial charge >= 0.3 is 0 Å². The maximum atomic E-state index is 13.4. The fraction of sp³-hybridized carbons (Fsp3) is 0.185. The Morgan fingerprint density at radius 1 is 1.00 bits per heavy atom. The molecule has 1 heterocycles. The Hall–Kier alpha value is -3.75. The van der Waals surface area contributed by atoms with Crippen molar-refractivity contribution in [3.05, 3.63) is 94.1 Å². The molecule has 4 rings (SSSR count). The van der Waals surface area contributed by atoms with E-state index in [2.05, 4.69) is 16.0 Å². The average Bonchev–Trinajstić information content (AvgIpc) is 2.88. The largest absolute Gasteiger partial charge is 0.497 e. The van der Waals surface area contributed by atoms with Crippen LogP contribution in [0.3, 0.4) is 0 Å². The van der Waals surface area contributed by atoms with Crippen LogP contribution in [0.15, 0.2) is 78.0 Å². The maximum Gasteiger partial charge on any atom is 0.255 e. The lowest BCUT2D eigenvalue weighted by Gasteiger charge is -2.30. The van der Waals surface area contributed by atoms with Crippen LogP contribution in [0, 0.1) is 0 Å². The van der Waals surface area contributed by atoms with Crippen LogP contribution in [-0.4, -0.2) is 25.2 Å². The Kier molecular flexibility index (Phi) is 7.97. The minimum atomic E-state index is -0.451. The number of halogens is 1. The monoisotopic (exact) mass is 523 g/mol. The number of carbonyl (C=O) groups excluding carboxylic acids is 1. The van der Waals surface area contributed by atoms with Crippen LogP contribution < -0.4 is 30.2 Å². The number of hydrogen-bond donors (Lipinski definition) is 3. The van der Waals surface area contributed by atoms with Crippen molar-refractivity contribution in [3.63, 3.8) is 0 Å². The Morgan fingerprint density at radius 3 is 2.36 bits per heavy atom. The predicted molar refractivity (Wildman–Crippen MR) is 145 cm³/mol. The molecule has 0 spiro atoms. The van der Waals surface area contributed by atoms with Gasteiger partial charge in [0.2, 0.25) is 0 Å². The third kappa shape index (κ3) is 5.90. The minimum Gasteiger partial charge on any atom is -0.497 e. The Balaban J connectivity index is 1.53. The molecule has 0 radical (unpaired) electrons. The Bertz CT molecular complexity index is 1290. The van der Waals surface area contributed by atoms with Gasteiger partial charge in [0.05, 0.1) is 31.5 Å². The van der Waals surface area contributed by atoms with Crippen molar-refractivity contribution in [1.29, 1.82) is 0 Å². The Morgan fingerprint density at radius 2 is 1.69 bits per heavy atom. The van der Waals surface area contributed by atoms with Gasteiger partial charge in [-0.15, -0.1) is 0 Å². The summed E-state index contributed by atoms with van der Waals surface area (Å²) < 4.78 is 16.6. The van der Waals surface area contributed by atoms with Crippen molar-refractivity contribution in [2.75, 3.05) is 19.5 Å². The van der Waals surface area contributed by atoms with Crippen molar-refractivity contribution >= 4 is 40.5 Å². The molecule has 0 saturated heterocycles. The molecule has 0 aromatic heterocycles. The van der Waals surface area contributed by atoms with Crippen LogP contribution in [-0.2, 0) is 11.4 Å². The summed E-state index contributed by atoms with van der Waals surface area (Å²) in [6.45, 7) is 2.24. The van der Waals surface area contributed by atoms with E-state index in [0.29, 0.717) is 50.9 Å². The fourth-order valence-electron chi connectivity index (χ4n) is 3.84. The highest BCUT2D eigenvalue weighted by atomic mass is 35.5. The summed E-state index contributed by atoms with van der Waals surface area (Å²) in [6.07, 6.45) is 0. The van der Waals surface area contributed by atoms with Gasteiger partial charge in [0.1, 0.15) is 23.9 Å². The second-order valence-electron chi connectivity index (χ2n) is 8.07. The van der Waals surface area contributed by atoms with Crippen LogP contribution in [0.4, 0.5) is 5.69 Å². The van der Waals surface area contributed by atoms with E-state index in [1.54, 1.807) is 25.3 Å². The Labute approximate surface area is 220 Å². The molecule has 36 heavy (non-hydrogen) atoms. The molecule has 3 aromatic rings. The number of benzene rings is 3. The molecule has 7 nitrogen and oxygen atoms in total. The van der Waals surface area contributed by atoms with Gasteiger partial charge in [-0.2, -0.15) is 0 Å². The normalized spacial score (nSPS) is 15.0. The molecule has 9 heteroatoms. The number of amides is 1. The number of hydrogen-bond acceptors (Lipinski definition) is 5. The molecule has 1 atom stereocenters. The summed E-state index contributed by atoms with van der Waals surface area (Å²) in [6, 6.07) is 19.8. The van der Waals surface area contributed by atoms with Crippen molar-refractivity contribution < 1.29 is 19.0 Å². The fourth-order valence-corrected chi connectivity index (χ4v) is 4.24. The lowest BCUT2D eigenvalue weighted by molar-refractivity contribution is -0.113. The SMILES string of the molecule is COc1ccc(NC(=O)C2=C(C)NC(=S)N[C@@H]2c2ccc(OCc3ccc(Cl)cc3)cc2)c(OC)c1. The molecule has 0 saturated carbocycles. The molecule has 1 amide bonds. The molecule has 1 aliphatic heterocycles. The summed E-state index contributed by atoms with van der Waals surface area (Å²) >= 11 is 11.3. The maximum absolute atomic E-state index is 13.4. The quantitative estimate of drug-likeness (QED) is 0.342. The number of allylic oxidation sites excluding steroid dienone is 1. The molecule has 186 valence electrons. The summed E-state index contributed by atoms with van der Waals surface area (Å²) in [5.74, 6) is 1.54. The molecule has 0 aliphatic carbocycles. The number of ether oxygens (including phenoxy) is 3. The van der Waals surface area contributed by atoms with Gasteiger partial charge in [-0.3, -0.25) is 4.79 Å². The van der Waals surface area contributed by atoms with E-state index in [9.17, 15) is 4.79 Å². The molecule has 0 unspecified atom stereocenters. The molecule has 3 N–H and O–H groups in total. The summed E-state index contributed by atoms with van der Waals surface area (Å²) in [5, 5.41) is 10.3. The number of methoxy groups -OCH3 is 2. The topological polar surface area (TPSA) is 80.9 Å². The summed E-state index contributed by atoms with van der Waals surface area (Å²) in [4.78, 5) is 13.4. The lowest BCUT2D eigenvalue weighted by Crippen LogP contribution is -2.45. The van der Waals surface area contributed by atoms with E-state index >= 15 is 0 Å². The summed E-state index contributed by atoms with van der Waals surface area (Å²) in [7, 11) is 3.11. The van der Waals surface area contributed by atoms with Crippen molar-refractivity contribution in [2.24, 2.45) is 0 Å². The van der Waals surface area contributed by atoms with Gasteiger partial charge in [0.15, 0.2) is 5.11 Å². The number of anilines is 1. The second kappa shape index (κ2) is 11.3. The van der Waals surface area contributed by atoms with Crippen LogP contribution in [0.1, 0.15) is 24.1 Å². The van der Waals surface area contributed by atoms with E-state index in [0.717, 1.165) is 11.1 Å². The number of nitrogens with one attached hydrogen (secondary N) is 3. The first-order valence-electron chi connectivity index (χ1n) is 11.2. The standard InChI is InChI=1S/C27H26ClN3O4S/c1-16-24(26(32)30-22-13-12-21(33-2)14-23(22)34-3)25(31-27(36)29-16)18-6-10-20(11-7-18)35-15-17-4-8-19(28)9-5-17/h4-14,25H,15H2,1-3H3,(H,30,32)(H2,29,31,36)/t25-/m1/s1. The van der Waals surface area contributed by atoms with Gasteiger partial charge in [-0.05, 0) is 66.7 Å². The zero-order chi connectivity index (χ0) is 25.7. The first kappa shape index (κ1) is 25.3. The molecular formula is C27H26ClN3O4S. The third-order valence-electron chi connectivity index (χ3n) is 5.70. The zero-order valence-electron chi connectivity index (χ0n) is 20.1. The van der Waals surface area contributed by atoms with Crippen LogP contribution in [0.25, 0.3) is 0 Å². The molecule has 1 aliphatic rings. The van der Waals surface area contributed by atoms with E-state index in [4.69, 9.17) is 38.0 Å². The predicted octanol–water partition coefficient (Wildman–Crippen LogP) is 5.37. The minimum absolute atomic E-state index is 0.286. The van der Waals surface area contributed by atoms with Gasteiger partial charge in [-0.1, -0.05) is 35.9 Å². The average molecular weight is 524 g/mol. The van der Waals surface area contributed by atoms with Crippen LogP contribution in [0.2, 0.25) is 5.02 Å². The summed E-state index contributed by atoms with van der Waals surface area (Å²) in [5.41, 5.74) is 3.58. The molecular weight excluding hydrogens is 498 g/mol. The number of carbonyl (C=O) groups is 1. The first-order valence-corrected chi connectivity index (χ1v) is 12.0. The van der Waals surface area contributed by atoms with E-state index in [1.807, 2.05) is 55.5 Å². The van der Waals surface area contributed by atoms with Crippen molar-refractivity contribution in [1.82, 2.24) is 10.6 Å².